The Hall–Kier alpha value is -3.13. The van der Waals surface area contributed by atoms with Crippen molar-refractivity contribution in [3.05, 3.63) is 83.0 Å². The Bertz CT molecular complexity index is 1500. The normalized spacial score (nSPS) is 15.0. The number of aryl methyl sites for hydroxylation is 2. The van der Waals surface area contributed by atoms with Gasteiger partial charge in [-0.05, 0) is 31.0 Å². The first-order chi connectivity index (χ1) is 14.4. The fraction of sp³-hybridized carbons (Fsp3) is 0.160. The van der Waals surface area contributed by atoms with Crippen LogP contribution in [-0.4, -0.2) is 4.57 Å². The van der Waals surface area contributed by atoms with Crippen LogP contribution in [0.25, 0.3) is 38.6 Å². The molecule has 2 nitrogen and oxygen atoms in total. The topological polar surface area (TPSA) is 9.03 Å². The van der Waals surface area contributed by atoms with Crippen LogP contribution >= 0.6 is 0 Å². The fourth-order valence-corrected chi connectivity index (χ4v) is 4.91. The molecule has 0 aliphatic carbocycles. The number of imidazole rings is 1. The van der Waals surface area contributed by atoms with Crippen LogP contribution in [0.4, 0.5) is 0 Å². The third-order valence-electron chi connectivity index (χ3n) is 6.04. The van der Waals surface area contributed by atoms with E-state index in [4.69, 9.17) is 4.11 Å². The molecule has 0 amide bonds. The quantitative estimate of drug-likeness (QED) is 0.273. The van der Waals surface area contributed by atoms with E-state index in [0.29, 0.717) is 12.2 Å². The molecular weight excluding hydrogens is 328 g/mol. The Morgan fingerprint density at radius 2 is 1.63 bits per heavy atom. The molecule has 0 saturated carbocycles. The number of pyridine rings is 1. The standard InChI is InChI=1S/C25H21N2/c1-15-8-6-9-16(2)22(15)24-17(3)26-14-18-10-7-12-20-19-11-4-5-13-21(19)27(24)25(26)23(18)20/h4-13H,14H2,1-3H3/q+1/i3D3. The van der Waals surface area contributed by atoms with E-state index in [9.17, 15) is 0 Å². The van der Waals surface area contributed by atoms with Crippen LogP contribution in [0.1, 0.15) is 26.5 Å². The zero-order valence-corrected chi connectivity index (χ0v) is 15.4. The number of hydrogen-bond donors (Lipinski definition) is 0. The summed E-state index contributed by atoms with van der Waals surface area (Å²) >= 11 is 0. The molecule has 1 aliphatic rings. The molecule has 0 spiro atoms. The number of benzene rings is 3. The fourth-order valence-electron chi connectivity index (χ4n) is 4.91. The molecule has 6 rings (SSSR count). The van der Waals surface area contributed by atoms with Gasteiger partial charge in [0.2, 0.25) is 0 Å². The average Bonchev–Trinajstić information content (AvgIpc) is 3.22. The Labute approximate surface area is 162 Å². The van der Waals surface area contributed by atoms with Gasteiger partial charge in [-0.25, -0.2) is 4.57 Å². The molecule has 2 aromatic heterocycles. The average molecular weight is 352 g/mol. The second-order valence-corrected chi connectivity index (χ2v) is 7.57. The minimum absolute atomic E-state index is 0.425. The van der Waals surface area contributed by atoms with Crippen LogP contribution in [0.5, 0.6) is 0 Å². The molecule has 0 atom stereocenters. The summed E-state index contributed by atoms with van der Waals surface area (Å²) in [6, 6.07) is 20.8. The van der Waals surface area contributed by atoms with Crippen molar-refractivity contribution in [2.24, 2.45) is 0 Å². The first kappa shape index (κ1) is 12.3. The Balaban J connectivity index is 1.99. The zero-order chi connectivity index (χ0) is 20.8. The molecule has 0 saturated heterocycles. The lowest BCUT2D eigenvalue weighted by Gasteiger charge is -2.10. The van der Waals surface area contributed by atoms with Crippen molar-refractivity contribution in [1.82, 2.24) is 4.57 Å². The highest BCUT2D eigenvalue weighted by molar-refractivity contribution is 6.11. The largest absolute Gasteiger partial charge is 0.296 e. The van der Waals surface area contributed by atoms with Crippen molar-refractivity contribution in [2.45, 2.75) is 27.2 Å². The first-order valence-electron chi connectivity index (χ1n) is 10.9. The Morgan fingerprint density at radius 1 is 0.889 bits per heavy atom. The van der Waals surface area contributed by atoms with Gasteiger partial charge in [0, 0.05) is 32.9 Å². The number of aromatic nitrogens is 2. The second kappa shape index (κ2) is 4.98. The van der Waals surface area contributed by atoms with E-state index in [1.54, 1.807) is 0 Å². The summed E-state index contributed by atoms with van der Waals surface area (Å²) in [5.41, 5.74) is 7.63. The van der Waals surface area contributed by atoms with Crippen LogP contribution in [0, 0.1) is 20.7 Å². The van der Waals surface area contributed by atoms with E-state index < -0.39 is 6.85 Å². The second-order valence-electron chi connectivity index (χ2n) is 7.57. The van der Waals surface area contributed by atoms with Gasteiger partial charge in [0.15, 0.2) is 5.69 Å². The molecule has 27 heavy (non-hydrogen) atoms. The summed E-state index contributed by atoms with van der Waals surface area (Å²) < 4.78 is 29.6. The van der Waals surface area contributed by atoms with Crippen LogP contribution in [0.3, 0.4) is 0 Å². The summed E-state index contributed by atoms with van der Waals surface area (Å²) in [4.78, 5) is 0. The molecule has 3 heterocycles. The molecule has 0 unspecified atom stereocenters. The van der Waals surface area contributed by atoms with Gasteiger partial charge in [0.05, 0.1) is 5.39 Å². The molecule has 1 aliphatic heterocycles. The summed E-state index contributed by atoms with van der Waals surface area (Å²) in [7, 11) is 0. The third kappa shape index (κ3) is 1.73. The predicted octanol–water partition coefficient (Wildman–Crippen LogP) is 5.49. The summed E-state index contributed by atoms with van der Waals surface area (Å²) in [6.07, 6.45) is 0. The van der Waals surface area contributed by atoms with Gasteiger partial charge in [0.25, 0.3) is 5.65 Å². The molecule has 3 aromatic carbocycles. The van der Waals surface area contributed by atoms with Crippen LogP contribution < -0.4 is 4.40 Å². The van der Waals surface area contributed by atoms with E-state index in [-0.39, 0.29) is 0 Å². The summed E-state index contributed by atoms with van der Waals surface area (Å²) in [5.74, 6) is 0. The zero-order valence-electron chi connectivity index (χ0n) is 18.4. The van der Waals surface area contributed by atoms with Gasteiger partial charge >= 0.3 is 0 Å². The molecule has 2 heteroatoms. The van der Waals surface area contributed by atoms with Crippen LogP contribution in [-0.2, 0) is 6.54 Å². The smallest absolute Gasteiger partial charge is 0.222 e. The van der Waals surface area contributed by atoms with Crippen molar-refractivity contribution in [1.29, 1.82) is 0 Å². The predicted molar refractivity (Wildman–Crippen MR) is 111 cm³/mol. The number of para-hydroxylation sites is 1. The maximum absolute atomic E-state index is 8.47. The molecule has 0 N–H and O–H groups in total. The molecular formula is C25H21N2+. The van der Waals surface area contributed by atoms with Crippen molar-refractivity contribution in [3.63, 3.8) is 0 Å². The Kier molecular flexibility index (Phi) is 2.27. The van der Waals surface area contributed by atoms with Gasteiger partial charge in [-0.3, -0.25) is 0 Å². The molecule has 0 fully saturated rings. The van der Waals surface area contributed by atoms with Gasteiger partial charge in [-0.1, -0.05) is 54.6 Å². The summed E-state index contributed by atoms with van der Waals surface area (Å²) in [6.45, 7) is 2.49. The van der Waals surface area contributed by atoms with Gasteiger partial charge in [-0.15, -0.1) is 0 Å². The van der Waals surface area contributed by atoms with Gasteiger partial charge in [0.1, 0.15) is 17.8 Å². The number of nitrogens with zero attached hydrogens (tertiary/aromatic N) is 2. The van der Waals surface area contributed by atoms with Crippen molar-refractivity contribution in [3.8, 4) is 11.3 Å². The lowest BCUT2D eigenvalue weighted by atomic mass is 9.97. The van der Waals surface area contributed by atoms with Gasteiger partial charge in [-0.2, -0.15) is 4.40 Å². The van der Waals surface area contributed by atoms with Crippen molar-refractivity contribution < 1.29 is 8.51 Å². The minimum Gasteiger partial charge on any atom is -0.222 e. The monoisotopic (exact) mass is 352 g/mol. The molecule has 0 bridgehead atoms. The van der Waals surface area contributed by atoms with E-state index in [1.165, 1.54) is 16.3 Å². The lowest BCUT2D eigenvalue weighted by Crippen LogP contribution is -2.24. The van der Waals surface area contributed by atoms with E-state index >= 15 is 0 Å². The Morgan fingerprint density at radius 3 is 2.44 bits per heavy atom. The first-order valence-corrected chi connectivity index (χ1v) is 9.35. The summed E-state index contributed by atoms with van der Waals surface area (Å²) in [5, 5.41) is 3.50. The highest BCUT2D eigenvalue weighted by atomic mass is 15.2. The highest BCUT2D eigenvalue weighted by Crippen LogP contribution is 2.38. The minimum atomic E-state index is -2.23. The van der Waals surface area contributed by atoms with Crippen molar-refractivity contribution in [2.75, 3.05) is 0 Å². The molecule has 130 valence electrons. The van der Waals surface area contributed by atoms with Gasteiger partial charge < -0.3 is 0 Å². The van der Waals surface area contributed by atoms with E-state index in [1.807, 2.05) is 16.7 Å². The number of hydrogen-bond acceptors (Lipinski definition) is 0. The SMILES string of the molecule is [2H]C([2H])([2H])c1c(-c2c(C)cccc2C)[n+]2c3ccccc3c3cccc4c3c2n1C4. The number of fused-ring (bicyclic) bond motifs is 3. The van der Waals surface area contributed by atoms with Crippen molar-refractivity contribution >= 4 is 27.3 Å². The molecule has 0 radical (unpaired) electrons. The maximum Gasteiger partial charge on any atom is 0.296 e. The molecule has 5 aromatic rings. The van der Waals surface area contributed by atoms with E-state index in [2.05, 4.69) is 66.8 Å². The third-order valence-corrected chi connectivity index (χ3v) is 6.04. The van der Waals surface area contributed by atoms with Crippen LogP contribution in [0.2, 0.25) is 0 Å². The lowest BCUT2D eigenvalue weighted by molar-refractivity contribution is -0.466. The van der Waals surface area contributed by atoms with Crippen LogP contribution in [0.15, 0.2) is 60.7 Å². The number of rotatable bonds is 1. The highest BCUT2D eigenvalue weighted by Gasteiger charge is 2.34. The maximum atomic E-state index is 8.47. The van der Waals surface area contributed by atoms with E-state index in [0.717, 1.165) is 38.9 Å².